The summed E-state index contributed by atoms with van der Waals surface area (Å²) in [5.74, 6) is 0. The molecule has 0 aromatic carbocycles. The molecule has 0 aliphatic carbocycles. The van der Waals surface area contributed by atoms with Gasteiger partial charge in [0.05, 0.1) is 13.1 Å². The second-order valence-electron chi connectivity index (χ2n) is 5.39. The summed E-state index contributed by atoms with van der Waals surface area (Å²) in [7, 11) is 2.18. The number of nitrogens with one attached hydrogen (secondary N) is 1. The van der Waals surface area contributed by atoms with E-state index in [1.165, 1.54) is 12.8 Å². The van der Waals surface area contributed by atoms with Crippen molar-refractivity contribution in [2.45, 2.75) is 57.7 Å². The van der Waals surface area contributed by atoms with Gasteiger partial charge >= 0.3 is 0 Å². The normalized spacial score (nSPS) is 28.8. The molecule has 0 spiro atoms. The van der Waals surface area contributed by atoms with Gasteiger partial charge in [-0.05, 0) is 27.7 Å². The van der Waals surface area contributed by atoms with Crippen molar-refractivity contribution < 1.29 is 5.32 Å². The lowest BCUT2D eigenvalue weighted by atomic mass is 9.80. The van der Waals surface area contributed by atoms with E-state index in [-0.39, 0.29) is 0 Å². The average Bonchev–Trinajstić information content (AvgIpc) is 1.80. The molecule has 0 saturated carbocycles. The Morgan fingerprint density at radius 1 is 1.08 bits per heavy atom. The van der Waals surface area contributed by atoms with Gasteiger partial charge in [-0.2, -0.15) is 0 Å². The van der Waals surface area contributed by atoms with E-state index in [2.05, 4.69) is 45.4 Å². The van der Waals surface area contributed by atoms with E-state index in [1.807, 2.05) is 0 Å². The number of hydrogen-bond acceptors (Lipinski definition) is 1. The number of piperidine rings is 1. The molecule has 12 heavy (non-hydrogen) atoms. The molecule has 0 amide bonds. The minimum absolute atomic E-state index is 0.304. The first-order chi connectivity index (χ1) is 5.35. The third kappa shape index (κ3) is 2.46. The second-order valence-corrected chi connectivity index (χ2v) is 5.39. The van der Waals surface area contributed by atoms with E-state index in [9.17, 15) is 0 Å². The minimum atomic E-state index is 0.304. The highest BCUT2D eigenvalue weighted by molar-refractivity contribution is 4.96. The van der Waals surface area contributed by atoms with Gasteiger partial charge < -0.3 is 10.6 Å². The van der Waals surface area contributed by atoms with Crippen molar-refractivity contribution in [1.29, 1.82) is 0 Å². The van der Waals surface area contributed by atoms with Gasteiger partial charge in [-0.1, -0.05) is 0 Å². The predicted molar refractivity (Wildman–Crippen MR) is 52.2 cm³/mol. The molecule has 0 unspecified atom stereocenters. The Kier molecular flexibility index (Phi) is 2.50. The van der Waals surface area contributed by atoms with E-state index >= 15 is 0 Å². The van der Waals surface area contributed by atoms with Crippen LogP contribution in [0, 0.1) is 0 Å². The molecule has 1 heterocycles. The molecule has 1 fully saturated rings. The molecule has 0 aromatic rings. The zero-order valence-corrected chi connectivity index (χ0v) is 9.07. The second kappa shape index (κ2) is 3.00. The summed E-state index contributed by atoms with van der Waals surface area (Å²) in [6.07, 6.45) is 2.54. The monoisotopic (exact) mass is 171 g/mol. The zero-order valence-electron chi connectivity index (χ0n) is 9.07. The van der Waals surface area contributed by atoms with Gasteiger partial charge in [0, 0.05) is 23.9 Å². The summed E-state index contributed by atoms with van der Waals surface area (Å²) in [6, 6.07) is 0.788. The third-order valence-corrected chi connectivity index (χ3v) is 2.69. The van der Waals surface area contributed by atoms with E-state index in [4.69, 9.17) is 0 Å². The van der Waals surface area contributed by atoms with Crippen LogP contribution in [0.2, 0.25) is 0 Å². The molecule has 1 saturated heterocycles. The van der Waals surface area contributed by atoms with Crippen molar-refractivity contribution >= 4 is 0 Å². The third-order valence-electron chi connectivity index (χ3n) is 2.69. The van der Waals surface area contributed by atoms with Gasteiger partial charge in [0.2, 0.25) is 0 Å². The first-order valence-corrected chi connectivity index (χ1v) is 4.93. The molecule has 1 aliphatic rings. The van der Waals surface area contributed by atoms with Gasteiger partial charge in [-0.15, -0.1) is 0 Å². The van der Waals surface area contributed by atoms with E-state index in [1.54, 1.807) is 0 Å². The zero-order chi connectivity index (χ0) is 9.41. The Morgan fingerprint density at radius 2 is 1.50 bits per heavy atom. The molecular weight excluding hydrogens is 148 g/mol. The van der Waals surface area contributed by atoms with Crippen molar-refractivity contribution in [3.8, 4) is 0 Å². The maximum absolute atomic E-state index is 3.68. The SMILES string of the molecule is C[NH2+]C1CC(C)(C)NC(C)(C)C1. The highest BCUT2D eigenvalue weighted by Gasteiger charge is 2.38. The maximum Gasteiger partial charge on any atom is 0.0892 e. The highest BCUT2D eigenvalue weighted by atomic mass is 15.1. The number of rotatable bonds is 1. The van der Waals surface area contributed by atoms with Crippen LogP contribution >= 0.6 is 0 Å². The first-order valence-electron chi connectivity index (χ1n) is 4.93. The molecular formula is C10H23N2+. The summed E-state index contributed by atoms with van der Waals surface area (Å²) >= 11 is 0. The first kappa shape index (κ1) is 10.0. The molecule has 0 bridgehead atoms. The average molecular weight is 171 g/mol. The van der Waals surface area contributed by atoms with Crippen LogP contribution < -0.4 is 10.6 Å². The summed E-state index contributed by atoms with van der Waals surface area (Å²) in [6.45, 7) is 9.18. The van der Waals surface area contributed by atoms with Gasteiger partial charge in [0.25, 0.3) is 0 Å². The highest BCUT2D eigenvalue weighted by Crippen LogP contribution is 2.26. The van der Waals surface area contributed by atoms with Gasteiger partial charge in [0.1, 0.15) is 0 Å². The molecule has 2 nitrogen and oxygen atoms in total. The Balaban J connectivity index is 2.66. The predicted octanol–water partition coefficient (Wildman–Crippen LogP) is 0.489. The van der Waals surface area contributed by atoms with Crippen LogP contribution in [-0.2, 0) is 0 Å². The van der Waals surface area contributed by atoms with Crippen LogP contribution in [0.5, 0.6) is 0 Å². The fourth-order valence-corrected chi connectivity index (χ4v) is 2.64. The van der Waals surface area contributed by atoms with Crippen LogP contribution in [0.15, 0.2) is 0 Å². The van der Waals surface area contributed by atoms with E-state index in [0.717, 1.165) is 6.04 Å². The molecule has 0 aromatic heterocycles. The lowest BCUT2D eigenvalue weighted by Crippen LogP contribution is -2.89. The van der Waals surface area contributed by atoms with Crippen LogP contribution in [0.3, 0.4) is 0 Å². The number of quaternary nitrogens is 1. The minimum Gasteiger partial charge on any atom is -0.346 e. The smallest absolute Gasteiger partial charge is 0.0892 e. The summed E-state index contributed by atoms with van der Waals surface area (Å²) < 4.78 is 0. The molecule has 72 valence electrons. The van der Waals surface area contributed by atoms with Crippen molar-refractivity contribution in [3.05, 3.63) is 0 Å². The lowest BCUT2D eigenvalue weighted by Gasteiger charge is -2.44. The van der Waals surface area contributed by atoms with Crippen LogP contribution in [0.1, 0.15) is 40.5 Å². The topological polar surface area (TPSA) is 28.6 Å². The van der Waals surface area contributed by atoms with Crippen molar-refractivity contribution in [1.82, 2.24) is 5.32 Å². The Labute approximate surface area is 76.1 Å². The summed E-state index contributed by atoms with van der Waals surface area (Å²) in [5.41, 5.74) is 0.609. The van der Waals surface area contributed by atoms with Crippen LogP contribution in [0.4, 0.5) is 0 Å². The summed E-state index contributed by atoms with van der Waals surface area (Å²) in [5, 5.41) is 6.03. The maximum atomic E-state index is 3.68. The quantitative estimate of drug-likeness (QED) is 0.590. The Bertz CT molecular complexity index is 145. The van der Waals surface area contributed by atoms with Crippen LogP contribution in [-0.4, -0.2) is 24.2 Å². The molecule has 1 aliphatic heterocycles. The van der Waals surface area contributed by atoms with E-state index < -0.39 is 0 Å². The Morgan fingerprint density at radius 3 is 1.83 bits per heavy atom. The molecule has 3 N–H and O–H groups in total. The van der Waals surface area contributed by atoms with E-state index in [0.29, 0.717) is 11.1 Å². The molecule has 0 atom stereocenters. The Hall–Kier alpha value is -0.0800. The standard InChI is InChI=1S/C10H22N2/c1-9(2)6-8(11-5)7-10(3,4)12-9/h8,11-12H,6-7H2,1-5H3/p+1. The van der Waals surface area contributed by atoms with Crippen molar-refractivity contribution in [3.63, 3.8) is 0 Å². The molecule has 2 heteroatoms. The van der Waals surface area contributed by atoms with Crippen molar-refractivity contribution in [2.24, 2.45) is 0 Å². The van der Waals surface area contributed by atoms with Crippen LogP contribution in [0.25, 0.3) is 0 Å². The molecule has 0 radical (unpaired) electrons. The van der Waals surface area contributed by atoms with Crippen molar-refractivity contribution in [2.75, 3.05) is 7.05 Å². The fraction of sp³-hybridized carbons (Fsp3) is 1.00. The fourth-order valence-electron chi connectivity index (χ4n) is 2.64. The largest absolute Gasteiger partial charge is 0.346 e. The van der Waals surface area contributed by atoms with Gasteiger partial charge in [-0.3, -0.25) is 0 Å². The molecule has 1 rings (SSSR count). The summed E-state index contributed by atoms with van der Waals surface area (Å²) in [4.78, 5) is 0. The van der Waals surface area contributed by atoms with Gasteiger partial charge in [-0.25, -0.2) is 0 Å². The number of hydrogen-bond donors (Lipinski definition) is 2. The lowest BCUT2D eigenvalue weighted by molar-refractivity contribution is -0.668. The van der Waals surface area contributed by atoms with Gasteiger partial charge in [0.15, 0.2) is 0 Å². The number of nitrogens with two attached hydrogens (primary N) is 1.